The molecule has 0 bridgehead atoms. The second-order valence-corrected chi connectivity index (χ2v) is 8.48. The molecule has 0 unspecified atom stereocenters. The fourth-order valence-electron chi connectivity index (χ4n) is 3.92. The van der Waals surface area contributed by atoms with Gasteiger partial charge in [-0.1, -0.05) is 17.7 Å². The van der Waals surface area contributed by atoms with E-state index in [1.807, 2.05) is 6.92 Å². The Kier molecular flexibility index (Phi) is 9.00. The van der Waals surface area contributed by atoms with E-state index in [4.69, 9.17) is 30.5 Å². The first-order valence-electron chi connectivity index (χ1n) is 11.2. The second kappa shape index (κ2) is 12.0. The fourth-order valence-corrected chi connectivity index (χ4v) is 4.09. The summed E-state index contributed by atoms with van der Waals surface area (Å²) in [7, 11) is 5.89. The van der Waals surface area contributed by atoms with Crippen molar-refractivity contribution in [2.75, 3.05) is 66.2 Å². The Hall–Kier alpha value is -3.50. The van der Waals surface area contributed by atoms with Crippen LogP contribution >= 0.6 is 11.6 Å². The molecule has 2 aromatic rings. The van der Waals surface area contributed by atoms with E-state index in [0.717, 1.165) is 5.56 Å². The zero-order chi connectivity index (χ0) is 26.4. The van der Waals surface area contributed by atoms with Crippen LogP contribution in [0.3, 0.4) is 0 Å². The molecule has 0 radical (unpaired) electrons. The number of hydrogen-bond acceptors (Lipinski definition) is 7. The van der Waals surface area contributed by atoms with E-state index in [2.05, 4.69) is 0 Å². The molecular formula is C25H30ClN3O7. The largest absolute Gasteiger partial charge is 0.493 e. The monoisotopic (exact) mass is 519 g/mol. The van der Waals surface area contributed by atoms with Gasteiger partial charge in [-0.05, 0) is 36.8 Å². The van der Waals surface area contributed by atoms with Crippen molar-refractivity contribution in [3.05, 3.63) is 46.5 Å². The summed E-state index contributed by atoms with van der Waals surface area (Å²) < 4.78 is 21.2. The third kappa shape index (κ3) is 5.66. The quantitative estimate of drug-likeness (QED) is 0.476. The molecule has 0 spiro atoms. The average Bonchev–Trinajstić information content (AvgIpc) is 3.27. The highest BCUT2D eigenvalue weighted by Crippen LogP contribution is 2.38. The van der Waals surface area contributed by atoms with Gasteiger partial charge < -0.3 is 28.7 Å². The smallest absolute Gasteiger partial charge is 0.254 e. The minimum Gasteiger partial charge on any atom is -0.493 e. The summed E-state index contributed by atoms with van der Waals surface area (Å²) in [6.45, 7) is 1.93. The van der Waals surface area contributed by atoms with E-state index in [1.165, 1.54) is 55.3 Å². The number of carbonyl (C=O) groups is 3. The van der Waals surface area contributed by atoms with Crippen LogP contribution in [-0.4, -0.2) is 88.9 Å². The number of amides is 3. The molecule has 194 valence electrons. The van der Waals surface area contributed by atoms with Gasteiger partial charge in [0, 0.05) is 29.9 Å². The first-order valence-corrected chi connectivity index (χ1v) is 11.5. The molecule has 0 N–H and O–H groups in total. The highest BCUT2D eigenvalue weighted by molar-refractivity contribution is 6.31. The van der Waals surface area contributed by atoms with Gasteiger partial charge in [-0.25, -0.2) is 0 Å². The van der Waals surface area contributed by atoms with E-state index in [-0.39, 0.29) is 50.3 Å². The summed E-state index contributed by atoms with van der Waals surface area (Å²) in [5.41, 5.74) is 1.65. The molecule has 0 aliphatic carbocycles. The number of carbonyl (C=O) groups excluding carboxylic acids is 3. The van der Waals surface area contributed by atoms with Crippen molar-refractivity contribution in [3.8, 4) is 17.2 Å². The number of rotatable bonds is 10. The first kappa shape index (κ1) is 27.1. The van der Waals surface area contributed by atoms with Gasteiger partial charge in [-0.15, -0.1) is 0 Å². The average molecular weight is 520 g/mol. The summed E-state index contributed by atoms with van der Waals surface area (Å²) in [5, 5.41) is 0.534. The Morgan fingerprint density at radius 3 is 2.31 bits per heavy atom. The Balaban J connectivity index is 1.81. The number of hydrogen-bond donors (Lipinski definition) is 0. The molecule has 1 heterocycles. The highest BCUT2D eigenvalue weighted by atomic mass is 35.5. The molecule has 1 aliphatic rings. The van der Waals surface area contributed by atoms with Crippen molar-refractivity contribution in [1.82, 2.24) is 9.80 Å². The van der Waals surface area contributed by atoms with Crippen molar-refractivity contribution < 1.29 is 33.3 Å². The molecule has 1 fully saturated rings. The standard InChI is InChI=1S/C25H30ClN3O7/c1-16-18(26)7-6-8-19(16)29-15-28(14-23(29)31)22(30)13-27(9-10-33-2)25(32)17-11-20(34-3)24(36-5)21(12-17)35-4/h6-8,11-12H,9-10,13-15H2,1-5H3. The molecule has 1 aliphatic heterocycles. The Morgan fingerprint density at radius 1 is 1.06 bits per heavy atom. The molecule has 0 aromatic heterocycles. The van der Waals surface area contributed by atoms with Gasteiger partial charge in [0.15, 0.2) is 11.5 Å². The molecule has 10 nitrogen and oxygen atoms in total. The van der Waals surface area contributed by atoms with Crippen LogP contribution in [-0.2, 0) is 14.3 Å². The molecule has 36 heavy (non-hydrogen) atoms. The number of anilines is 1. The topological polar surface area (TPSA) is 97.9 Å². The third-order valence-electron chi connectivity index (χ3n) is 5.91. The lowest BCUT2D eigenvalue weighted by atomic mass is 10.1. The van der Waals surface area contributed by atoms with E-state index in [1.54, 1.807) is 18.2 Å². The normalized spacial score (nSPS) is 13.1. The molecular weight excluding hydrogens is 490 g/mol. The van der Waals surface area contributed by atoms with Crippen LogP contribution in [0.25, 0.3) is 0 Å². The van der Waals surface area contributed by atoms with Crippen LogP contribution < -0.4 is 19.1 Å². The van der Waals surface area contributed by atoms with Gasteiger partial charge in [-0.2, -0.15) is 0 Å². The summed E-state index contributed by atoms with van der Waals surface area (Å²) in [5.74, 6) is -0.0434. The van der Waals surface area contributed by atoms with Crippen molar-refractivity contribution >= 4 is 35.0 Å². The van der Waals surface area contributed by atoms with Crippen LogP contribution in [0.5, 0.6) is 17.2 Å². The van der Waals surface area contributed by atoms with Crippen LogP contribution in [0.2, 0.25) is 5.02 Å². The predicted octanol–water partition coefficient (Wildman–Crippen LogP) is 2.60. The van der Waals surface area contributed by atoms with Crippen LogP contribution in [0.1, 0.15) is 15.9 Å². The highest BCUT2D eigenvalue weighted by Gasteiger charge is 2.34. The molecule has 11 heteroatoms. The zero-order valence-electron chi connectivity index (χ0n) is 21.0. The maximum Gasteiger partial charge on any atom is 0.254 e. The van der Waals surface area contributed by atoms with Crippen LogP contribution in [0, 0.1) is 6.92 Å². The summed E-state index contributed by atoms with van der Waals surface area (Å²) in [6.07, 6.45) is 0. The number of benzene rings is 2. The predicted molar refractivity (Wildman–Crippen MR) is 134 cm³/mol. The number of nitrogens with zero attached hydrogens (tertiary/aromatic N) is 3. The van der Waals surface area contributed by atoms with Gasteiger partial charge in [0.05, 0.1) is 27.9 Å². The van der Waals surface area contributed by atoms with Gasteiger partial charge in [-0.3, -0.25) is 19.3 Å². The fraction of sp³-hybridized carbons (Fsp3) is 0.400. The molecule has 0 atom stereocenters. The third-order valence-corrected chi connectivity index (χ3v) is 6.32. The number of methoxy groups -OCH3 is 4. The minimum atomic E-state index is -0.423. The maximum atomic E-state index is 13.4. The van der Waals surface area contributed by atoms with Gasteiger partial charge in [0.25, 0.3) is 5.91 Å². The van der Waals surface area contributed by atoms with Crippen LogP contribution in [0.4, 0.5) is 5.69 Å². The zero-order valence-corrected chi connectivity index (χ0v) is 21.8. The lowest BCUT2D eigenvalue weighted by molar-refractivity contribution is -0.132. The number of halogens is 1. The first-order chi connectivity index (χ1) is 17.2. The van der Waals surface area contributed by atoms with Gasteiger partial charge in [0.2, 0.25) is 17.6 Å². The summed E-state index contributed by atoms with van der Waals surface area (Å²) >= 11 is 6.21. The maximum absolute atomic E-state index is 13.4. The van der Waals surface area contributed by atoms with E-state index < -0.39 is 5.91 Å². The van der Waals surface area contributed by atoms with Crippen LogP contribution in [0.15, 0.2) is 30.3 Å². The van der Waals surface area contributed by atoms with E-state index in [9.17, 15) is 14.4 Å². The number of ether oxygens (including phenoxy) is 4. The van der Waals surface area contributed by atoms with Crippen molar-refractivity contribution in [2.24, 2.45) is 0 Å². The molecule has 3 amide bonds. The summed E-state index contributed by atoms with van der Waals surface area (Å²) in [6, 6.07) is 8.33. The van der Waals surface area contributed by atoms with Crippen molar-refractivity contribution in [3.63, 3.8) is 0 Å². The van der Waals surface area contributed by atoms with Crippen molar-refractivity contribution in [1.29, 1.82) is 0 Å². The second-order valence-electron chi connectivity index (χ2n) is 8.07. The molecule has 2 aromatic carbocycles. The molecule has 3 rings (SSSR count). The Bertz CT molecular complexity index is 1120. The van der Waals surface area contributed by atoms with Crippen molar-refractivity contribution in [2.45, 2.75) is 6.92 Å². The SMILES string of the molecule is COCCN(CC(=O)N1CC(=O)N(c2cccc(Cl)c2C)C1)C(=O)c1cc(OC)c(OC)c(OC)c1. The molecule has 0 saturated carbocycles. The molecule has 1 saturated heterocycles. The lowest BCUT2D eigenvalue weighted by Gasteiger charge is -2.26. The van der Waals surface area contributed by atoms with Gasteiger partial charge in [0.1, 0.15) is 19.8 Å². The Morgan fingerprint density at radius 2 is 1.72 bits per heavy atom. The van der Waals surface area contributed by atoms with Gasteiger partial charge >= 0.3 is 0 Å². The Labute approximate surface area is 215 Å². The minimum absolute atomic E-state index is 0.0648. The summed E-state index contributed by atoms with van der Waals surface area (Å²) in [4.78, 5) is 43.6. The van der Waals surface area contributed by atoms with E-state index in [0.29, 0.717) is 28.0 Å². The van der Waals surface area contributed by atoms with E-state index >= 15 is 0 Å². The lowest BCUT2D eigenvalue weighted by Crippen LogP contribution is -2.44.